The molecule has 0 bridgehead atoms. The zero-order valence-corrected chi connectivity index (χ0v) is 11.9. The molecule has 0 aliphatic heterocycles. The van der Waals surface area contributed by atoms with Gasteiger partial charge in [-0.05, 0) is 38.0 Å². The second kappa shape index (κ2) is 6.56. The topological polar surface area (TPSA) is 81.4 Å². The predicted molar refractivity (Wildman–Crippen MR) is 76.1 cm³/mol. The van der Waals surface area contributed by atoms with E-state index in [9.17, 15) is 14.0 Å². The number of amides is 1. The quantitative estimate of drug-likeness (QED) is 0.657. The van der Waals surface area contributed by atoms with E-state index < -0.39 is 17.9 Å². The summed E-state index contributed by atoms with van der Waals surface area (Å²) < 4.78 is 18.2. The van der Waals surface area contributed by atoms with Gasteiger partial charge in [-0.1, -0.05) is 12.8 Å². The van der Waals surface area contributed by atoms with Crippen LogP contribution in [0.3, 0.4) is 0 Å². The number of esters is 1. The monoisotopic (exact) mass is 294 g/mol. The molecule has 0 aromatic heterocycles. The molecule has 1 amide bonds. The van der Waals surface area contributed by atoms with Crippen molar-refractivity contribution in [2.24, 2.45) is 0 Å². The summed E-state index contributed by atoms with van der Waals surface area (Å²) >= 11 is 0. The molecule has 6 heteroatoms. The first kappa shape index (κ1) is 15.3. The van der Waals surface area contributed by atoms with Crippen LogP contribution in [0.25, 0.3) is 0 Å². The molecule has 0 radical (unpaired) electrons. The van der Waals surface area contributed by atoms with Gasteiger partial charge in [-0.15, -0.1) is 0 Å². The van der Waals surface area contributed by atoms with E-state index >= 15 is 0 Å². The highest BCUT2D eigenvalue weighted by Crippen LogP contribution is 2.18. The number of ether oxygens (including phenoxy) is 1. The predicted octanol–water partition coefficient (Wildman–Crippen LogP) is 2.01. The number of carbonyl (C=O) groups is 2. The first-order valence-corrected chi connectivity index (χ1v) is 7.03. The maximum absolute atomic E-state index is 13.1. The van der Waals surface area contributed by atoms with Crippen molar-refractivity contribution in [3.05, 3.63) is 29.6 Å². The Kier molecular flexibility index (Phi) is 4.77. The summed E-state index contributed by atoms with van der Waals surface area (Å²) in [6.45, 7) is 1.48. The van der Waals surface area contributed by atoms with Crippen molar-refractivity contribution in [1.82, 2.24) is 5.32 Å². The maximum atomic E-state index is 13.1. The van der Waals surface area contributed by atoms with Gasteiger partial charge in [0.1, 0.15) is 5.82 Å². The third-order valence-electron chi connectivity index (χ3n) is 3.59. The Morgan fingerprint density at radius 1 is 1.38 bits per heavy atom. The van der Waals surface area contributed by atoms with E-state index in [2.05, 4.69) is 5.32 Å². The van der Waals surface area contributed by atoms with Crippen LogP contribution < -0.4 is 11.1 Å². The third kappa shape index (κ3) is 3.93. The van der Waals surface area contributed by atoms with Gasteiger partial charge in [0.15, 0.2) is 6.10 Å². The summed E-state index contributed by atoms with van der Waals surface area (Å²) in [6.07, 6.45) is 3.14. The molecule has 0 spiro atoms. The fourth-order valence-electron chi connectivity index (χ4n) is 2.37. The number of nitrogens with two attached hydrogens (primary N) is 1. The van der Waals surface area contributed by atoms with Crippen LogP contribution >= 0.6 is 0 Å². The van der Waals surface area contributed by atoms with E-state index in [1.807, 2.05) is 0 Å². The Balaban J connectivity index is 1.94. The molecule has 1 aromatic rings. The lowest BCUT2D eigenvalue weighted by atomic mass is 10.2. The van der Waals surface area contributed by atoms with Crippen LogP contribution in [0.2, 0.25) is 0 Å². The Morgan fingerprint density at radius 3 is 2.71 bits per heavy atom. The molecule has 1 aliphatic carbocycles. The fraction of sp³-hybridized carbons (Fsp3) is 0.467. The Hall–Kier alpha value is -2.11. The molecular weight excluding hydrogens is 275 g/mol. The minimum atomic E-state index is -0.944. The molecular formula is C15H19FN2O3. The standard InChI is InChI=1S/C15H19FN2O3/c1-9(14(19)18-11-4-2-3-5-11)21-15(20)12-8-10(16)6-7-13(12)17/h6-9,11H,2-5,17H2,1H3,(H,18,19). The van der Waals surface area contributed by atoms with Gasteiger partial charge >= 0.3 is 5.97 Å². The number of halogens is 1. The lowest BCUT2D eigenvalue weighted by Crippen LogP contribution is -2.40. The normalized spacial score (nSPS) is 16.5. The summed E-state index contributed by atoms with van der Waals surface area (Å²) in [5.74, 6) is -1.73. The van der Waals surface area contributed by atoms with Crippen LogP contribution in [0, 0.1) is 5.82 Å². The minimum Gasteiger partial charge on any atom is -0.449 e. The van der Waals surface area contributed by atoms with Crippen molar-refractivity contribution in [2.45, 2.75) is 44.8 Å². The van der Waals surface area contributed by atoms with Gasteiger partial charge in [0.05, 0.1) is 5.56 Å². The Morgan fingerprint density at radius 2 is 2.05 bits per heavy atom. The van der Waals surface area contributed by atoms with E-state index in [-0.39, 0.29) is 23.2 Å². The molecule has 1 fully saturated rings. The summed E-state index contributed by atoms with van der Waals surface area (Å²) in [5.41, 5.74) is 5.65. The number of hydrogen-bond acceptors (Lipinski definition) is 4. The molecule has 1 aromatic carbocycles. The maximum Gasteiger partial charge on any atom is 0.341 e. The van der Waals surface area contributed by atoms with Crippen LogP contribution in [0.15, 0.2) is 18.2 Å². The van der Waals surface area contributed by atoms with E-state index in [1.54, 1.807) is 0 Å². The average molecular weight is 294 g/mol. The van der Waals surface area contributed by atoms with Crippen LogP contribution in [0.4, 0.5) is 10.1 Å². The summed E-state index contributed by atoms with van der Waals surface area (Å²) in [7, 11) is 0. The molecule has 21 heavy (non-hydrogen) atoms. The van der Waals surface area contributed by atoms with Gasteiger partial charge in [-0.3, -0.25) is 4.79 Å². The number of anilines is 1. The van der Waals surface area contributed by atoms with Crippen molar-refractivity contribution in [3.8, 4) is 0 Å². The third-order valence-corrected chi connectivity index (χ3v) is 3.59. The largest absolute Gasteiger partial charge is 0.449 e. The molecule has 2 rings (SSSR count). The van der Waals surface area contributed by atoms with E-state index in [0.29, 0.717) is 0 Å². The van der Waals surface area contributed by atoms with Crippen LogP contribution in [0.5, 0.6) is 0 Å². The summed E-state index contributed by atoms with van der Waals surface area (Å²) in [6, 6.07) is 3.59. The second-order valence-electron chi connectivity index (χ2n) is 5.27. The highest BCUT2D eigenvalue weighted by molar-refractivity contribution is 5.96. The SMILES string of the molecule is CC(OC(=O)c1cc(F)ccc1N)C(=O)NC1CCCC1. The molecule has 0 saturated heterocycles. The van der Waals surface area contributed by atoms with Crippen LogP contribution in [0.1, 0.15) is 43.0 Å². The van der Waals surface area contributed by atoms with Crippen LogP contribution in [-0.2, 0) is 9.53 Å². The van der Waals surface area contributed by atoms with E-state index in [1.165, 1.54) is 13.0 Å². The number of nitrogen functional groups attached to an aromatic ring is 1. The minimum absolute atomic E-state index is 0.0736. The molecule has 5 nitrogen and oxygen atoms in total. The van der Waals surface area contributed by atoms with Gasteiger partial charge in [-0.2, -0.15) is 0 Å². The Bertz CT molecular complexity index is 542. The summed E-state index contributed by atoms with van der Waals surface area (Å²) in [4.78, 5) is 23.8. The van der Waals surface area contributed by atoms with Gasteiger partial charge in [-0.25, -0.2) is 9.18 Å². The lowest BCUT2D eigenvalue weighted by molar-refractivity contribution is -0.129. The smallest absolute Gasteiger partial charge is 0.341 e. The lowest BCUT2D eigenvalue weighted by Gasteiger charge is -2.17. The molecule has 1 aliphatic rings. The number of hydrogen-bond donors (Lipinski definition) is 2. The van der Waals surface area contributed by atoms with Gasteiger partial charge in [0.2, 0.25) is 0 Å². The van der Waals surface area contributed by atoms with Crippen molar-refractivity contribution >= 4 is 17.6 Å². The van der Waals surface area contributed by atoms with E-state index in [0.717, 1.165) is 37.8 Å². The molecule has 1 unspecified atom stereocenters. The highest BCUT2D eigenvalue weighted by atomic mass is 19.1. The summed E-state index contributed by atoms with van der Waals surface area (Å²) in [5, 5.41) is 2.84. The second-order valence-corrected chi connectivity index (χ2v) is 5.27. The van der Waals surface area contributed by atoms with Crippen molar-refractivity contribution in [1.29, 1.82) is 0 Å². The van der Waals surface area contributed by atoms with Crippen LogP contribution in [-0.4, -0.2) is 24.0 Å². The van der Waals surface area contributed by atoms with Crippen molar-refractivity contribution in [2.75, 3.05) is 5.73 Å². The Labute approximate surface area is 122 Å². The number of benzene rings is 1. The highest BCUT2D eigenvalue weighted by Gasteiger charge is 2.24. The van der Waals surface area contributed by atoms with E-state index in [4.69, 9.17) is 10.5 Å². The number of nitrogens with one attached hydrogen (secondary N) is 1. The fourth-order valence-corrected chi connectivity index (χ4v) is 2.37. The molecule has 1 atom stereocenters. The molecule has 3 N–H and O–H groups in total. The number of rotatable bonds is 4. The van der Waals surface area contributed by atoms with Gasteiger partial charge in [0, 0.05) is 11.7 Å². The first-order valence-electron chi connectivity index (χ1n) is 7.03. The zero-order chi connectivity index (χ0) is 15.4. The number of carbonyl (C=O) groups excluding carboxylic acids is 2. The first-order chi connectivity index (χ1) is 9.97. The molecule has 114 valence electrons. The van der Waals surface area contributed by atoms with Gasteiger partial charge in [0.25, 0.3) is 5.91 Å². The zero-order valence-electron chi connectivity index (χ0n) is 11.9. The van der Waals surface area contributed by atoms with Crippen molar-refractivity contribution in [3.63, 3.8) is 0 Å². The average Bonchev–Trinajstić information content (AvgIpc) is 2.94. The van der Waals surface area contributed by atoms with Gasteiger partial charge < -0.3 is 15.8 Å². The van der Waals surface area contributed by atoms with Crippen molar-refractivity contribution < 1.29 is 18.7 Å². The molecule has 1 saturated carbocycles. The molecule has 0 heterocycles.